The summed E-state index contributed by atoms with van der Waals surface area (Å²) in [5.41, 5.74) is 3.43. The Morgan fingerprint density at radius 3 is 2.60 bits per heavy atom. The maximum Gasteiger partial charge on any atom is 0.0804 e. The van der Waals surface area contributed by atoms with Crippen molar-refractivity contribution in [2.75, 3.05) is 11.9 Å². The molecular formula is C18H20N2. The number of nitrogens with zero attached hydrogens (tertiary/aromatic N) is 1. The predicted molar refractivity (Wildman–Crippen MR) is 87.5 cm³/mol. The van der Waals surface area contributed by atoms with Gasteiger partial charge >= 0.3 is 0 Å². The maximum atomic E-state index is 4.91. The molecule has 0 atom stereocenters. The second-order valence-corrected chi connectivity index (χ2v) is 5.46. The molecule has 20 heavy (non-hydrogen) atoms. The Morgan fingerprint density at radius 1 is 1.05 bits per heavy atom. The van der Waals surface area contributed by atoms with E-state index in [4.69, 9.17) is 4.98 Å². The molecule has 2 aromatic carbocycles. The van der Waals surface area contributed by atoms with Gasteiger partial charge in [-0.1, -0.05) is 50.2 Å². The third kappa shape index (κ3) is 2.11. The van der Waals surface area contributed by atoms with E-state index in [0.29, 0.717) is 5.92 Å². The summed E-state index contributed by atoms with van der Waals surface area (Å²) in [5, 5.41) is 7.15. The van der Waals surface area contributed by atoms with Gasteiger partial charge in [0, 0.05) is 28.7 Å². The fourth-order valence-electron chi connectivity index (χ4n) is 2.61. The Bertz CT molecular complexity index is 760. The van der Waals surface area contributed by atoms with Gasteiger partial charge in [-0.25, -0.2) is 0 Å². The SMILES string of the molecule is CCNc1cc(C(C)C)nc2c1ccc1ccccc12. The third-order valence-electron chi connectivity index (χ3n) is 3.68. The molecule has 1 N–H and O–H groups in total. The highest BCUT2D eigenvalue weighted by Crippen LogP contribution is 2.31. The molecule has 0 saturated heterocycles. The minimum atomic E-state index is 0.427. The highest BCUT2D eigenvalue weighted by molar-refractivity contribution is 6.09. The van der Waals surface area contributed by atoms with Crippen molar-refractivity contribution >= 4 is 27.4 Å². The van der Waals surface area contributed by atoms with Crippen molar-refractivity contribution < 1.29 is 0 Å². The van der Waals surface area contributed by atoms with Crippen LogP contribution in [0.4, 0.5) is 5.69 Å². The monoisotopic (exact) mass is 264 g/mol. The van der Waals surface area contributed by atoms with E-state index in [9.17, 15) is 0 Å². The molecule has 0 saturated carbocycles. The largest absolute Gasteiger partial charge is 0.385 e. The lowest BCUT2D eigenvalue weighted by atomic mass is 10.0. The van der Waals surface area contributed by atoms with E-state index in [-0.39, 0.29) is 0 Å². The van der Waals surface area contributed by atoms with Crippen molar-refractivity contribution in [2.24, 2.45) is 0 Å². The fourth-order valence-corrected chi connectivity index (χ4v) is 2.61. The Balaban J connectivity index is 2.40. The summed E-state index contributed by atoms with van der Waals surface area (Å²) in [6.45, 7) is 7.43. The van der Waals surface area contributed by atoms with Gasteiger partial charge in [0.25, 0.3) is 0 Å². The number of hydrogen-bond donors (Lipinski definition) is 1. The summed E-state index contributed by atoms with van der Waals surface area (Å²) in [7, 11) is 0. The molecule has 3 aromatic rings. The van der Waals surface area contributed by atoms with Crippen molar-refractivity contribution in [3.63, 3.8) is 0 Å². The summed E-state index contributed by atoms with van der Waals surface area (Å²) in [4.78, 5) is 4.91. The molecule has 0 fully saturated rings. The summed E-state index contributed by atoms with van der Waals surface area (Å²) in [6, 6.07) is 15.0. The molecule has 0 aliphatic heterocycles. The lowest BCUT2D eigenvalue weighted by Gasteiger charge is -2.14. The Hall–Kier alpha value is -2.09. The molecule has 2 heteroatoms. The molecule has 0 unspecified atom stereocenters. The minimum absolute atomic E-state index is 0.427. The zero-order valence-electron chi connectivity index (χ0n) is 12.3. The van der Waals surface area contributed by atoms with Gasteiger partial charge in [0.2, 0.25) is 0 Å². The van der Waals surface area contributed by atoms with Crippen molar-refractivity contribution in [3.05, 3.63) is 48.2 Å². The van der Waals surface area contributed by atoms with Crippen molar-refractivity contribution in [3.8, 4) is 0 Å². The van der Waals surface area contributed by atoms with Crippen molar-refractivity contribution in [2.45, 2.75) is 26.7 Å². The molecule has 0 spiro atoms. The molecule has 0 aliphatic carbocycles. The predicted octanol–water partition coefficient (Wildman–Crippen LogP) is 4.94. The summed E-state index contributed by atoms with van der Waals surface area (Å²) < 4.78 is 0. The number of rotatable bonds is 3. The van der Waals surface area contributed by atoms with Gasteiger partial charge in [-0.2, -0.15) is 0 Å². The molecule has 0 aliphatic rings. The first-order chi connectivity index (χ1) is 9.70. The highest BCUT2D eigenvalue weighted by atomic mass is 14.9. The molecule has 0 amide bonds. The maximum absolute atomic E-state index is 4.91. The van der Waals surface area contributed by atoms with Gasteiger partial charge < -0.3 is 5.32 Å². The highest BCUT2D eigenvalue weighted by Gasteiger charge is 2.10. The van der Waals surface area contributed by atoms with E-state index in [1.165, 1.54) is 21.8 Å². The standard InChI is InChI=1S/C18H20N2/c1-4-19-17-11-16(12(2)3)20-18-14-8-6-5-7-13(14)9-10-15(17)18/h5-12H,4H2,1-3H3,(H,19,20). The average molecular weight is 264 g/mol. The van der Waals surface area contributed by atoms with E-state index < -0.39 is 0 Å². The van der Waals surface area contributed by atoms with Crippen LogP contribution in [0.1, 0.15) is 32.4 Å². The van der Waals surface area contributed by atoms with Crippen LogP contribution in [-0.4, -0.2) is 11.5 Å². The smallest absolute Gasteiger partial charge is 0.0804 e. The van der Waals surface area contributed by atoms with Gasteiger partial charge in [-0.15, -0.1) is 0 Å². The Kier molecular flexibility index (Phi) is 3.31. The van der Waals surface area contributed by atoms with Crippen LogP contribution in [0, 0.1) is 0 Å². The molecule has 102 valence electrons. The van der Waals surface area contributed by atoms with Crippen LogP contribution in [0.15, 0.2) is 42.5 Å². The summed E-state index contributed by atoms with van der Waals surface area (Å²) in [6.07, 6.45) is 0. The van der Waals surface area contributed by atoms with Crippen LogP contribution < -0.4 is 5.32 Å². The van der Waals surface area contributed by atoms with E-state index >= 15 is 0 Å². The number of nitrogens with one attached hydrogen (secondary N) is 1. The Labute approximate surface area is 119 Å². The van der Waals surface area contributed by atoms with E-state index in [1.807, 2.05) is 0 Å². The molecular weight excluding hydrogens is 244 g/mol. The Morgan fingerprint density at radius 2 is 1.85 bits per heavy atom. The van der Waals surface area contributed by atoms with E-state index in [1.54, 1.807) is 0 Å². The minimum Gasteiger partial charge on any atom is -0.385 e. The molecule has 0 bridgehead atoms. The number of anilines is 1. The van der Waals surface area contributed by atoms with Gasteiger partial charge in [-0.3, -0.25) is 4.98 Å². The molecule has 0 radical (unpaired) electrons. The molecule has 1 heterocycles. The van der Waals surface area contributed by atoms with Crippen LogP contribution in [0.3, 0.4) is 0 Å². The van der Waals surface area contributed by atoms with E-state index in [2.05, 4.69) is 68.6 Å². The number of fused-ring (bicyclic) bond motifs is 3. The van der Waals surface area contributed by atoms with Crippen LogP contribution in [0.2, 0.25) is 0 Å². The van der Waals surface area contributed by atoms with Gasteiger partial charge in [0.05, 0.1) is 5.52 Å². The van der Waals surface area contributed by atoms with Gasteiger partial charge in [0.15, 0.2) is 0 Å². The lowest BCUT2D eigenvalue weighted by Crippen LogP contribution is -2.02. The number of pyridine rings is 1. The normalized spacial score (nSPS) is 11.4. The van der Waals surface area contributed by atoms with Crippen molar-refractivity contribution in [1.29, 1.82) is 0 Å². The second-order valence-electron chi connectivity index (χ2n) is 5.46. The number of benzene rings is 2. The average Bonchev–Trinajstić information content (AvgIpc) is 2.47. The quantitative estimate of drug-likeness (QED) is 0.677. The second kappa shape index (κ2) is 5.12. The van der Waals surface area contributed by atoms with Crippen LogP contribution >= 0.6 is 0 Å². The summed E-state index contributed by atoms with van der Waals surface area (Å²) >= 11 is 0. The van der Waals surface area contributed by atoms with Crippen LogP contribution in [0.25, 0.3) is 21.7 Å². The molecule has 1 aromatic heterocycles. The number of aromatic nitrogens is 1. The van der Waals surface area contributed by atoms with Gasteiger partial charge in [0.1, 0.15) is 0 Å². The third-order valence-corrected chi connectivity index (χ3v) is 3.68. The van der Waals surface area contributed by atoms with Crippen LogP contribution in [-0.2, 0) is 0 Å². The molecule has 2 nitrogen and oxygen atoms in total. The topological polar surface area (TPSA) is 24.9 Å². The molecule has 3 rings (SSSR count). The lowest BCUT2D eigenvalue weighted by molar-refractivity contribution is 0.830. The van der Waals surface area contributed by atoms with Gasteiger partial charge in [-0.05, 0) is 24.3 Å². The zero-order chi connectivity index (χ0) is 14.1. The first-order valence-electron chi connectivity index (χ1n) is 7.27. The summed E-state index contributed by atoms with van der Waals surface area (Å²) in [5.74, 6) is 0.427. The first kappa shape index (κ1) is 12.9. The zero-order valence-corrected chi connectivity index (χ0v) is 12.3. The fraction of sp³-hybridized carbons (Fsp3) is 0.278. The first-order valence-corrected chi connectivity index (χ1v) is 7.27. The van der Waals surface area contributed by atoms with Crippen molar-refractivity contribution in [1.82, 2.24) is 4.98 Å². The van der Waals surface area contributed by atoms with Crippen LogP contribution in [0.5, 0.6) is 0 Å². The number of hydrogen-bond acceptors (Lipinski definition) is 2. The van der Waals surface area contributed by atoms with E-state index in [0.717, 1.165) is 17.8 Å².